The standard InChI is InChI=1S/C18H26N4O2.HI/c1-24-16-6-2-13(3-7-16)8-9-20-18(19)21-11-14-10-17(23)22(12-14)15-4-5-15;/h2-3,6-7,14-15H,4-5,8-12H2,1H3,(H3,19,20,21);1H. The highest BCUT2D eigenvalue weighted by molar-refractivity contribution is 14.0. The number of methoxy groups -OCH3 is 1. The van der Waals surface area contributed by atoms with Crippen LogP contribution in [0.5, 0.6) is 5.75 Å². The summed E-state index contributed by atoms with van der Waals surface area (Å²) in [5.41, 5.74) is 7.14. The highest BCUT2D eigenvalue weighted by atomic mass is 127. The summed E-state index contributed by atoms with van der Waals surface area (Å²) >= 11 is 0. The topological polar surface area (TPSA) is 80.0 Å². The fourth-order valence-corrected chi connectivity index (χ4v) is 3.08. The number of guanidine groups is 1. The maximum absolute atomic E-state index is 11.9. The van der Waals surface area contributed by atoms with E-state index in [0.29, 0.717) is 30.9 Å². The number of nitrogens with two attached hydrogens (primary N) is 1. The molecule has 3 rings (SSSR count). The van der Waals surface area contributed by atoms with Crippen LogP contribution in [0.1, 0.15) is 24.8 Å². The molecular formula is C18H27IN4O2. The van der Waals surface area contributed by atoms with E-state index in [-0.39, 0.29) is 29.9 Å². The predicted octanol–water partition coefficient (Wildman–Crippen LogP) is 1.77. The molecule has 1 saturated carbocycles. The summed E-state index contributed by atoms with van der Waals surface area (Å²) in [5, 5.41) is 3.14. The highest BCUT2D eigenvalue weighted by Crippen LogP contribution is 2.32. The van der Waals surface area contributed by atoms with Crippen LogP contribution in [-0.2, 0) is 11.2 Å². The van der Waals surface area contributed by atoms with Crippen LogP contribution >= 0.6 is 24.0 Å². The second-order valence-corrected chi connectivity index (χ2v) is 6.60. The summed E-state index contributed by atoms with van der Waals surface area (Å²) in [5.74, 6) is 1.91. The minimum atomic E-state index is 0. The molecule has 0 aromatic heterocycles. The summed E-state index contributed by atoms with van der Waals surface area (Å²) in [6.07, 6.45) is 3.81. The number of hydrogen-bond acceptors (Lipinski definition) is 3. The molecule has 0 spiro atoms. The Morgan fingerprint density at radius 2 is 2.08 bits per heavy atom. The molecule has 138 valence electrons. The van der Waals surface area contributed by atoms with Gasteiger partial charge in [-0.05, 0) is 37.0 Å². The molecule has 1 aromatic rings. The Balaban J connectivity index is 0.00000225. The Morgan fingerprint density at radius 3 is 2.72 bits per heavy atom. The SMILES string of the molecule is COc1ccc(CCNC(N)=NCC2CC(=O)N(C3CC3)C2)cc1.I. The van der Waals surface area contributed by atoms with Crippen molar-refractivity contribution in [3.8, 4) is 5.75 Å². The monoisotopic (exact) mass is 458 g/mol. The summed E-state index contributed by atoms with van der Waals surface area (Å²) in [6.45, 7) is 2.20. The van der Waals surface area contributed by atoms with Gasteiger partial charge < -0.3 is 20.7 Å². The number of carbonyl (C=O) groups is 1. The Morgan fingerprint density at radius 1 is 1.36 bits per heavy atom. The predicted molar refractivity (Wildman–Crippen MR) is 109 cm³/mol. The molecule has 0 radical (unpaired) electrons. The first-order valence-electron chi connectivity index (χ1n) is 8.62. The van der Waals surface area contributed by atoms with Crippen molar-refractivity contribution in [3.05, 3.63) is 29.8 Å². The molecule has 6 nitrogen and oxygen atoms in total. The van der Waals surface area contributed by atoms with Gasteiger partial charge in [-0.3, -0.25) is 9.79 Å². The van der Waals surface area contributed by atoms with Crippen LogP contribution in [0.15, 0.2) is 29.3 Å². The fourth-order valence-electron chi connectivity index (χ4n) is 3.08. The Hall–Kier alpha value is -1.51. The quantitative estimate of drug-likeness (QED) is 0.371. The minimum Gasteiger partial charge on any atom is -0.497 e. The van der Waals surface area contributed by atoms with Crippen molar-refractivity contribution >= 4 is 35.8 Å². The molecule has 1 atom stereocenters. The van der Waals surface area contributed by atoms with Gasteiger partial charge in [-0.2, -0.15) is 0 Å². The Bertz CT molecular complexity index is 602. The van der Waals surface area contributed by atoms with E-state index >= 15 is 0 Å². The number of rotatable bonds is 7. The van der Waals surface area contributed by atoms with E-state index in [1.165, 1.54) is 5.56 Å². The normalized spacial score (nSPS) is 20.4. The van der Waals surface area contributed by atoms with Crippen LogP contribution in [0.2, 0.25) is 0 Å². The zero-order valence-corrected chi connectivity index (χ0v) is 16.9. The molecule has 1 heterocycles. The van der Waals surface area contributed by atoms with E-state index in [0.717, 1.165) is 38.1 Å². The first kappa shape index (κ1) is 19.8. The van der Waals surface area contributed by atoms with Gasteiger partial charge in [0.1, 0.15) is 5.75 Å². The molecule has 1 aliphatic heterocycles. The molecule has 2 aliphatic rings. The molecule has 1 saturated heterocycles. The summed E-state index contributed by atoms with van der Waals surface area (Å²) in [4.78, 5) is 18.3. The lowest BCUT2D eigenvalue weighted by atomic mass is 10.1. The van der Waals surface area contributed by atoms with Gasteiger partial charge in [-0.15, -0.1) is 24.0 Å². The third-order valence-electron chi connectivity index (χ3n) is 4.62. The van der Waals surface area contributed by atoms with Gasteiger partial charge in [0, 0.05) is 38.0 Å². The van der Waals surface area contributed by atoms with Gasteiger partial charge in [0.2, 0.25) is 5.91 Å². The van der Waals surface area contributed by atoms with E-state index < -0.39 is 0 Å². The Labute approximate surface area is 166 Å². The largest absolute Gasteiger partial charge is 0.497 e. The summed E-state index contributed by atoms with van der Waals surface area (Å²) in [6, 6.07) is 8.51. The number of likely N-dealkylation sites (tertiary alicyclic amines) is 1. The van der Waals surface area contributed by atoms with Crippen molar-refractivity contribution in [2.24, 2.45) is 16.6 Å². The summed E-state index contributed by atoms with van der Waals surface area (Å²) < 4.78 is 5.14. The number of hydrogen-bond donors (Lipinski definition) is 2. The van der Waals surface area contributed by atoms with Gasteiger partial charge >= 0.3 is 0 Å². The molecule has 3 N–H and O–H groups in total. The van der Waals surface area contributed by atoms with Gasteiger partial charge in [0.15, 0.2) is 5.96 Å². The van der Waals surface area contributed by atoms with Crippen molar-refractivity contribution in [2.75, 3.05) is 26.7 Å². The van der Waals surface area contributed by atoms with Crippen molar-refractivity contribution in [2.45, 2.75) is 31.7 Å². The van der Waals surface area contributed by atoms with Crippen LogP contribution in [-0.4, -0.2) is 49.6 Å². The van der Waals surface area contributed by atoms with Gasteiger partial charge in [0.25, 0.3) is 0 Å². The lowest BCUT2D eigenvalue weighted by Crippen LogP contribution is -2.34. The number of nitrogens with one attached hydrogen (secondary N) is 1. The van der Waals surface area contributed by atoms with Crippen molar-refractivity contribution < 1.29 is 9.53 Å². The molecule has 1 aliphatic carbocycles. The third-order valence-corrected chi connectivity index (χ3v) is 4.62. The van der Waals surface area contributed by atoms with Crippen LogP contribution < -0.4 is 15.8 Å². The van der Waals surface area contributed by atoms with E-state index in [4.69, 9.17) is 10.5 Å². The second kappa shape index (κ2) is 9.26. The zero-order chi connectivity index (χ0) is 16.9. The van der Waals surface area contributed by atoms with Crippen molar-refractivity contribution in [1.29, 1.82) is 0 Å². The molecule has 1 aromatic carbocycles. The number of ether oxygens (including phenoxy) is 1. The van der Waals surface area contributed by atoms with Crippen molar-refractivity contribution in [1.82, 2.24) is 10.2 Å². The molecule has 2 fully saturated rings. The smallest absolute Gasteiger partial charge is 0.223 e. The van der Waals surface area contributed by atoms with E-state index in [1.54, 1.807) is 7.11 Å². The average Bonchev–Trinajstić information content (AvgIpc) is 3.36. The minimum absolute atomic E-state index is 0. The number of halogens is 1. The van der Waals surface area contributed by atoms with Crippen LogP contribution in [0, 0.1) is 5.92 Å². The van der Waals surface area contributed by atoms with E-state index in [1.807, 2.05) is 29.2 Å². The van der Waals surface area contributed by atoms with Crippen molar-refractivity contribution in [3.63, 3.8) is 0 Å². The molecule has 7 heteroatoms. The molecule has 0 bridgehead atoms. The highest BCUT2D eigenvalue weighted by Gasteiger charge is 2.38. The van der Waals surface area contributed by atoms with E-state index in [2.05, 4.69) is 10.3 Å². The maximum atomic E-state index is 11.9. The first-order valence-corrected chi connectivity index (χ1v) is 8.62. The lowest BCUT2D eigenvalue weighted by Gasteiger charge is -2.14. The third kappa shape index (κ3) is 5.76. The molecule has 25 heavy (non-hydrogen) atoms. The van der Waals surface area contributed by atoms with Gasteiger partial charge in [0.05, 0.1) is 7.11 Å². The van der Waals surface area contributed by atoms with Crippen LogP contribution in [0.4, 0.5) is 0 Å². The second-order valence-electron chi connectivity index (χ2n) is 6.60. The Kier molecular flexibility index (Phi) is 7.34. The molecular weight excluding hydrogens is 431 g/mol. The average molecular weight is 458 g/mol. The number of aliphatic imine (C=N–C) groups is 1. The van der Waals surface area contributed by atoms with Gasteiger partial charge in [-0.1, -0.05) is 12.1 Å². The number of amides is 1. The van der Waals surface area contributed by atoms with Crippen LogP contribution in [0.3, 0.4) is 0 Å². The first-order chi connectivity index (χ1) is 11.7. The number of benzene rings is 1. The zero-order valence-electron chi connectivity index (χ0n) is 14.6. The fraction of sp³-hybridized carbons (Fsp3) is 0.556. The van der Waals surface area contributed by atoms with Crippen LogP contribution in [0.25, 0.3) is 0 Å². The summed E-state index contributed by atoms with van der Waals surface area (Å²) in [7, 11) is 1.66. The van der Waals surface area contributed by atoms with Gasteiger partial charge in [-0.25, -0.2) is 0 Å². The number of carbonyl (C=O) groups excluding carboxylic acids is 1. The maximum Gasteiger partial charge on any atom is 0.223 e. The number of nitrogens with zero attached hydrogens (tertiary/aromatic N) is 2. The molecule has 1 amide bonds. The van der Waals surface area contributed by atoms with E-state index in [9.17, 15) is 4.79 Å². The molecule has 1 unspecified atom stereocenters. The lowest BCUT2D eigenvalue weighted by molar-refractivity contribution is -0.128.